The predicted molar refractivity (Wildman–Crippen MR) is 127 cm³/mol. The molecule has 7 heteroatoms. The van der Waals surface area contributed by atoms with Crippen LogP contribution >= 0.6 is 0 Å². The molecular formula is C24H33N3O3S. The number of nitrogens with one attached hydrogen (secondary N) is 1. The van der Waals surface area contributed by atoms with Gasteiger partial charge in [0.15, 0.2) is 0 Å². The zero-order valence-electron chi connectivity index (χ0n) is 18.9. The Balaban J connectivity index is 1.62. The zero-order valence-corrected chi connectivity index (χ0v) is 19.7. The van der Waals surface area contributed by atoms with Crippen LogP contribution in [0.3, 0.4) is 0 Å². The van der Waals surface area contributed by atoms with E-state index in [9.17, 15) is 13.2 Å². The maximum absolute atomic E-state index is 12.5. The molecule has 0 saturated carbocycles. The number of nitrogens with zero attached hydrogens (tertiary/aromatic N) is 2. The molecule has 0 bridgehead atoms. The first-order chi connectivity index (χ1) is 14.5. The maximum Gasteiger partial charge on any atom is 0.241 e. The summed E-state index contributed by atoms with van der Waals surface area (Å²) in [4.78, 5) is 14.9. The largest absolute Gasteiger partial charge is 0.372 e. The minimum absolute atomic E-state index is 0.0316. The Morgan fingerprint density at radius 3 is 2.10 bits per heavy atom. The van der Waals surface area contributed by atoms with Gasteiger partial charge in [0.2, 0.25) is 15.9 Å². The standard InChI is InChI=1S/C24H33N3O3S/c1-24(2,3)20-9-13-22(14-10-20)27(31(4,29)30)18-23(28)25-17-19-7-11-21(12-8-19)26-15-5-6-16-26/h7-14H,5-6,15-18H2,1-4H3,(H,25,28). The first-order valence-corrected chi connectivity index (χ1v) is 12.6. The van der Waals surface area contributed by atoms with Crippen LogP contribution in [0.5, 0.6) is 0 Å². The van der Waals surface area contributed by atoms with E-state index in [1.54, 1.807) is 12.1 Å². The van der Waals surface area contributed by atoms with E-state index in [0.717, 1.165) is 34.8 Å². The quantitative estimate of drug-likeness (QED) is 0.709. The monoisotopic (exact) mass is 443 g/mol. The lowest BCUT2D eigenvalue weighted by molar-refractivity contribution is -0.119. The number of carbonyl (C=O) groups is 1. The molecule has 0 unspecified atom stereocenters. The normalized spacial score (nSPS) is 14.5. The summed E-state index contributed by atoms with van der Waals surface area (Å²) < 4.78 is 25.8. The van der Waals surface area contributed by atoms with Crippen LogP contribution in [0.2, 0.25) is 0 Å². The summed E-state index contributed by atoms with van der Waals surface area (Å²) in [5.41, 5.74) is 3.74. The van der Waals surface area contributed by atoms with Crippen LogP contribution in [0.1, 0.15) is 44.7 Å². The molecule has 6 nitrogen and oxygen atoms in total. The molecule has 3 rings (SSSR count). The van der Waals surface area contributed by atoms with Gasteiger partial charge < -0.3 is 10.2 Å². The highest BCUT2D eigenvalue weighted by Crippen LogP contribution is 2.26. The van der Waals surface area contributed by atoms with E-state index in [4.69, 9.17) is 0 Å². The van der Waals surface area contributed by atoms with Crippen LogP contribution in [0.25, 0.3) is 0 Å². The molecule has 1 fully saturated rings. The van der Waals surface area contributed by atoms with E-state index in [-0.39, 0.29) is 17.9 Å². The third-order valence-electron chi connectivity index (χ3n) is 5.61. The Morgan fingerprint density at radius 1 is 1.00 bits per heavy atom. The molecule has 2 aromatic rings. The van der Waals surface area contributed by atoms with Gasteiger partial charge in [-0.25, -0.2) is 8.42 Å². The molecule has 0 atom stereocenters. The Bertz CT molecular complexity index is 988. The summed E-state index contributed by atoms with van der Waals surface area (Å²) in [7, 11) is -3.59. The number of amides is 1. The topological polar surface area (TPSA) is 69.7 Å². The van der Waals surface area contributed by atoms with Gasteiger partial charge in [-0.15, -0.1) is 0 Å². The van der Waals surface area contributed by atoms with Crippen molar-refractivity contribution in [2.45, 2.75) is 45.6 Å². The Hall–Kier alpha value is -2.54. The van der Waals surface area contributed by atoms with Gasteiger partial charge in [0.05, 0.1) is 11.9 Å². The lowest BCUT2D eigenvalue weighted by Gasteiger charge is -2.24. The average Bonchev–Trinajstić information content (AvgIpc) is 3.24. The number of hydrogen-bond donors (Lipinski definition) is 1. The van der Waals surface area contributed by atoms with E-state index >= 15 is 0 Å². The zero-order chi connectivity index (χ0) is 22.6. The van der Waals surface area contributed by atoms with Gasteiger partial charge in [-0.2, -0.15) is 0 Å². The highest BCUT2D eigenvalue weighted by Gasteiger charge is 2.22. The second-order valence-corrected chi connectivity index (χ2v) is 11.1. The van der Waals surface area contributed by atoms with E-state index in [1.165, 1.54) is 18.5 Å². The SMILES string of the molecule is CC(C)(C)c1ccc(N(CC(=O)NCc2ccc(N3CCCC3)cc2)S(C)(=O)=O)cc1. The Kier molecular flexibility index (Phi) is 6.94. The fourth-order valence-corrected chi connectivity index (χ4v) is 4.57. The minimum atomic E-state index is -3.59. The molecule has 1 aliphatic rings. The predicted octanol–water partition coefficient (Wildman–Crippen LogP) is 3.67. The van der Waals surface area contributed by atoms with Crippen LogP contribution < -0.4 is 14.5 Å². The van der Waals surface area contributed by atoms with Gasteiger partial charge in [0, 0.05) is 25.3 Å². The molecule has 31 heavy (non-hydrogen) atoms. The summed E-state index contributed by atoms with van der Waals surface area (Å²) in [6.07, 6.45) is 3.58. The summed E-state index contributed by atoms with van der Waals surface area (Å²) in [6, 6.07) is 15.5. The lowest BCUT2D eigenvalue weighted by Crippen LogP contribution is -2.40. The Morgan fingerprint density at radius 2 is 1.58 bits per heavy atom. The first kappa shape index (κ1) is 23.1. The van der Waals surface area contributed by atoms with Crippen molar-refractivity contribution in [3.8, 4) is 0 Å². The van der Waals surface area contributed by atoms with Gasteiger partial charge in [0.25, 0.3) is 0 Å². The highest BCUT2D eigenvalue weighted by atomic mass is 32.2. The van der Waals surface area contributed by atoms with Crippen molar-refractivity contribution in [1.29, 1.82) is 0 Å². The molecule has 0 aromatic heterocycles. The molecule has 1 heterocycles. The van der Waals surface area contributed by atoms with Crippen molar-refractivity contribution in [3.05, 3.63) is 59.7 Å². The minimum Gasteiger partial charge on any atom is -0.372 e. The molecule has 1 saturated heterocycles. The van der Waals surface area contributed by atoms with Crippen molar-refractivity contribution < 1.29 is 13.2 Å². The fraction of sp³-hybridized carbons (Fsp3) is 0.458. The van der Waals surface area contributed by atoms with Crippen molar-refractivity contribution in [1.82, 2.24) is 5.32 Å². The van der Waals surface area contributed by atoms with Crippen LogP contribution in [0, 0.1) is 0 Å². The van der Waals surface area contributed by atoms with Crippen molar-refractivity contribution in [3.63, 3.8) is 0 Å². The summed E-state index contributed by atoms with van der Waals surface area (Å²) in [5, 5.41) is 2.84. The van der Waals surface area contributed by atoms with Crippen molar-refractivity contribution in [2.75, 3.05) is 35.1 Å². The van der Waals surface area contributed by atoms with Crippen molar-refractivity contribution in [2.24, 2.45) is 0 Å². The summed E-state index contributed by atoms with van der Waals surface area (Å²) in [6.45, 7) is 8.59. The van der Waals surface area contributed by atoms with E-state index in [0.29, 0.717) is 12.2 Å². The number of carbonyl (C=O) groups excluding carboxylic acids is 1. The van der Waals surface area contributed by atoms with Gasteiger partial charge in [0.1, 0.15) is 6.54 Å². The summed E-state index contributed by atoms with van der Waals surface area (Å²) in [5.74, 6) is -0.339. The van der Waals surface area contributed by atoms with E-state index in [2.05, 4.69) is 43.1 Å². The van der Waals surface area contributed by atoms with Gasteiger partial charge in [-0.3, -0.25) is 9.10 Å². The lowest BCUT2D eigenvalue weighted by atomic mass is 9.87. The average molecular weight is 444 g/mol. The van der Waals surface area contributed by atoms with Crippen LogP contribution in [-0.4, -0.2) is 40.2 Å². The molecule has 2 aromatic carbocycles. The highest BCUT2D eigenvalue weighted by molar-refractivity contribution is 7.92. The fourth-order valence-electron chi connectivity index (χ4n) is 3.71. The van der Waals surface area contributed by atoms with Crippen LogP contribution in [0.4, 0.5) is 11.4 Å². The van der Waals surface area contributed by atoms with Crippen molar-refractivity contribution >= 4 is 27.3 Å². The summed E-state index contributed by atoms with van der Waals surface area (Å²) >= 11 is 0. The molecule has 1 amide bonds. The smallest absolute Gasteiger partial charge is 0.241 e. The molecular weight excluding hydrogens is 410 g/mol. The second kappa shape index (κ2) is 9.30. The van der Waals surface area contributed by atoms with Crippen LogP contribution in [0.15, 0.2) is 48.5 Å². The van der Waals surface area contributed by atoms with E-state index < -0.39 is 10.0 Å². The number of benzene rings is 2. The number of hydrogen-bond acceptors (Lipinski definition) is 4. The molecule has 0 spiro atoms. The maximum atomic E-state index is 12.5. The van der Waals surface area contributed by atoms with Gasteiger partial charge >= 0.3 is 0 Å². The molecule has 1 aliphatic heterocycles. The Labute approximate surface area is 186 Å². The van der Waals surface area contributed by atoms with Gasteiger partial charge in [-0.1, -0.05) is 45.0 Å². The molecule has 0 aliphatic carbocycles. The van der Waals surface area contributed by atoms with Gasteiger partial charge in [-0.05, 0) is 53.6 Å². The number of rotatable bonds is 7. The van der Waals surface area contributed by atoms with E-state index in [1.807, 2.05) is 24.3 Å². The second-order valence-electron chi connectivity index (χ2n) is 9.20. The number of anilines is 2. The third kappa shape index (κ3) is 6.23. The molecule has 0 radical (unpaired) electrons. The number of sulfonamides is 1. The first-order valence-electron chi connectivity index (χ1n) is 10.7. The molecule has 168 valence electrons. The third-order valence-corrected chi connectivity index (χ3v) is 6.75. The molecule has 1 N–H and O–H groups in total. The van der Waals surface area contributed by atoms with Crippen LogP contribution in [-0.2, 0) is 26.8 Å².